The molecule has 0 saturated heterocycles. The van der Waals surface area contributed by atoms with Gasteiger partial charge in [-0.1, -0.05) is 23.7 Å². The second-order valence-corrected chi connectivity index (χ2v) is 5.65. The summed E-state index contributed by atoms with van der Waals surface area (Å²) in [4.78, 5) is 12.3. The number of hydrogen-bond acceptors (Lipinski definition) is 4. The maximum absolute atomic E-state index is 12.3. The Bertz CT molecular complexity index is 685. The van der Waals surface area contributed by atoms with Crippen molar-refractivity contribution in [3.8, 4) is 6.07 Å². The van der Waals surface area contributed by atoms with Gasteiger partial charge in [-0.05, 0) is 24.1 Å². The fourth-order valence-corrected chi connectivity index (χ4v) is 3.09. The van der Waals surface area contributed by atoms with Crippen LogP contribution in [0.5, 0.6) is 0 Å². The molecule has 0 amide bonds. The standard InChI is InChI=1S/C16H13ClN2O2/c17-10-6-4-9(5-7-10)14-11(8-18)16(19)21-13-3-1-2-12(20)15(13)14/h4-7,11,14,19H,1-3H2. The van der Waals surface area contributed by atoms with E-state index < -0.39 is 11.8 Å². The zero-order valence-corrected chi connectivity index (χ0v) is 12.0. The molecule has 0 fully saturated rings. The third kappa shape index (κ3) is 2.34. The molecule has 0 radical (unpaired) electrons. The topological polar surface area (TPSA) is 73.9 Å². The lowest BCUT2D eigenvalue weighted by Gasteiger charge is -2.34. The number of nitrogens with zero attached hydrogens (tertiary/aromatic N) is 1. The predicted molar refractivity (Wildman–Crippen MR) is 78.0 cm³/mol. The average Bonchev–Trinajstić information content (AvgIpc) is 2.47. The lowest BCUT2D eigenvalue weighted by Crippen LogP contribution is -2.34. The summed E-state index contributed by atoms with van der Waals surface area (Å²) in [5.41, 5.74) is 1.38. The van der Waals surface area contributed by atoms with Gasteiger partial charge in [-0.2, -0.15) is 5.26 Å². The lowest BCUT2D eigenvalue weighted by molar-refractivity contribution is -0.116. The molecule has 4 nitrogen and oxygen atoms in total. The molecule has 2 unspecified atom stereocenters. The number of nitrogens with one attached hydrogen (secondary N) is 1. The lowest BCUT2D eigenvalue weighted by atomic mass is 9.74. The first-order chi connectivity index (χ1) is 10.1. The summed E-state index contributed by atoms with van der Waals surface area (Å²) in [7, 11) is 0. The molecular formula is C16H13ClN2O2. The molecule has 1 N–H and O–H groups in total. The van der Waals surface area contributed by atoms with Crippen molar-refractivity contribution in [3.05, 3.63) is 46.2 Å². The Hall–Kier alpha value is -2.12. The molecular weight excluding hydrogens is 288 g/mol. The van der Waals surface area contributed by atoms with Gasteiger partial charge in [-0.3, -0.25) is 10.2 Å². The highest BCUT2D eigenvalue weighted by Crippen LogP contribution is 2.43. The highest BCUT2D eigenvalue weighted by molar-refractivity contribution is 6.30. The van der Waals surface area contributed by atoms with Gasteiger partial charge in [-0.25, -0.2) is 0 Å². The van der Waals surface area contributed by atoms with Crippen molar-refractivity contribution in [1.29, 1.82) is 10.7 Å². The van der Waals surface area contributed by atoms with Gasteiger partial charge in [0.25, 0.3) is 0 Å². The summed E-state index contributed by atoms with van der Waals surface area (Å²) in [5, 5.41) is 17.9. The first-order valence-electron chi connectivity index (χ1n) is 6.79. The van der Waals surface area contributed by atoms with E-state index in [9.17, 15) is 10.1 Å². The number of carbonyl (C=O) groups is 1. The Labute approximate surface area is 127 Å². The monoisotopic (exact) mass is 300 g/mol. The number of halogens is 1. The van der Waals surface area contributed by atoms with E-state index in [2.05, 4.69) is 6.07 Å². The Kier molecular flexibility index (Phi) is 3.52. The summed E-state index contributed by atoms with van der Waals surface area (Å²) in [6.45, 7) is 0. The third-order valence-corrected chi connectivity index (χ3v) is 4.19. The first-order valence-corrected chi connectivity index (χ1v) is 7.17. The van der Waals surface area contributed by atoms with E-state index in [-0.39, 0.29) is 11.7 Å². The number of hydrogen-bond donors (Lipinski definition) is 1. The van der Waals surface area contributed by atoms with E-state index in [4.69, 9.17) is 21.7 Å². The quantitative estimate of drug-likeness (QED) is 0.861. The Morgan fingerprint density at radius 3 is 2.67 bits per heavy atom. The van der Waals surface area contributed by atoms with Crippen molar-refractivity contribution in [2.75, 3.05) is 0 Å². The van der Waals surface area contributed by atoms with Crippen molar-refractivity contribution in [2.45, 2.75) is 25.2 Å². The zero-order chi connectivity index (χ0) is 15.0. The molecule has 1 aliphatic heterocycles. The van der Waals surface area contributed by atoms with Gasteiger partial charge < -0.3 is 4.74 Å². The summed E-state index contributed by atoms with van der Waals surface area (Å²) >= 11 is 5.90. The van der Waals surface area contributed by atoms with Gasteiger partial charge in [-0.15, -0.1) is 0 Å². The van der Waals surface area contributed by atoms with Crippen molar-refractivity contribution >= 4 is 23.3 Å². The van der Waals surface area contributed by atoms with Crippen LogP contribution in [0, 0.1) is 22.7 Å². The van der Waals surface area contributed by atoms with Crippen LogP contribution >= 0.6 is 11.6 Å². The molecule has 2 atom stereocenters. The Morgan fingerprint density at radius 1 is 1.29 bits per heavy atom. The summed E-state index contributed by atoms with van der Waals surface area (Å²) < 4.78 is 5.43. The highest BCUT2D eigenvalue weighted by Gasteiger charge is 2.42. The molecule has 5 heteroatoms. The van der Waals surface area contributed by atoms with E-state index in [0.717, 1.165) is 12.0 Å². The van der Waals surface area contributed by atoms with Gasteiger partial charge in [0.2, 0.25) is 5.90 Å². The molecule has 0 saturated carbocycles. The molecule has 2 aliphatic rings. The number of allylic oxidation sites excluding steroid dienone is 2. The number of nitriles is 1. The van der Waals surface area contributed by atoms with E-state index in [1.807, 2.05) is 12.1 Å². The molecule has 0 spiro atoms. The predicted octanol–water partition coefficient (Wildman–Crippen LogP) is 3.58. The van der Waals surface area contributed by atoms with E-state index in [1.54, 1.807) is 12.1 Å². The highest BCUT2D eigenvalue weighted by atomic mass is 35.5. The second-order valence-electron chi connectivity index (χ2n) is 5.22. The molecule has 1 heterocycles. The van der Waals surface area contributed by atoms with Crippen LogP contribution in [-0.2, 0) is 9.53 Å². The van der Waals surface area contributed by atoms with Crippen molar-refractivity contribution in [1.82, 2.24) is 0 Å². The molecule has 1 aromatic rings. The van der Waals surface area contributed by atoms with Gasteiger partial charge in [0.1, 0.15) is 11.7 Å². The molecule has 0 aromatic heterocycles. The van der Waals surface area contributed by atoms with Crippen LogP contribution in [0.1, 0.15) is 30.7 Å². The van der Waals surface area contributed by atoms with Crippen molar-refractivity contribution in [3.63, 3.8) is 0 Å². The van der Waals surface area contributed by atoms with Crippen LogP contribution in [0.4, 0.5) is 0 Å². The molecule has 0 bridgehead atoms. The van der Waals surface area contributed by atoms with Gasteiger partial charge >= 0.3 is 0 Å². The largest absolute Gasteiger partial charge is 0.446 e. The summed E-state index contributed by atoms with van der Waals surface area (Å²) in [5.74, 6) is -0.708. The van der Waals surface area contributed by atoms with Gasteiger partial charge in [0.05, 0.1) is 6.07 Å². The zero-order valence-electron chi connectivity index (χ0n) is 11.2. The van der Waals surface area contributed by atoms with Gasteiger partial charge in [0, 0.05) is 29.4 Å². The van der Waals surface area contributed by atoms with Crippen LogP contribution in [-0.4, -0.2) is 11.7 Å². The minimum absolute atomic E-state index is 0.0175. The molecule has 106 valence electrons. The SMILES string of the molecule is N#CC1C(=N)OC2=C(C(=O)CCC2)C1c1ccc(Cl)cc1. The first kappa shape index (κ1) is 13.8. The van der Waals surface area contributed by atoms with Crippen LogP contribution in [0.3, 0.4) is 0 Å². The normalized spacial score (nSPS) is 25.1. The number of ketones is 1. The van der Waals surface area contributed by atoms with Gasteiger partial charge in [0.15, 0.2) is 5.78 Å². The fraction of sp³-hybridized carbons (Fsp3) is 0.312. The van der Waals surface area contributed by atoms with Crippen LogP contribution in [0.15, 0.2) is 35.6 Å². The Morgan fingerprint density at radius 2 is 2.00 bits per heavy atom. The minimum Gasteiger partial charge on any atom is -0.446 e. The van der Waals surface area contributed by atoms with Crippen LogP contribution in [0.25, 0.3) is 0 Å². The Balaban J connectivity index is 2.15. The summed E-state index contributed by atoms with van der Waals surface area (Å²) in [6, 6.07) is 9.19. The number of ether oxygens (including phenoxy) is 1. The van der Waals surface area contributed by atoms with Crippen LogP contribution in [0.2, 0.25) is 5.02 Å². The second kappa shape index (κ2) is 5.34. The number of benzene rings is 1. The third-order valence-electron chi connectivity index (χ3n) is 3.94. The van der Waals surface area contributed by atoms with Crippen molar-refractivity contribution in [2.24, 2.45) is 5.92 Å². The maximum atomic E-state index is 12.3. The minimum atomic E-state index is -0.771. The van der Waals surface area contributed by atoms with E-state index in [1.165, 1.54) is 0 Å². The smallest absolute Gasteiger partial charge is 0.205 e. The number of carbonyl (C=O) groups excluding carboxylic acids is 1. The van der Waals surface area contributed by atoms with Crippen LogP contribution < -0.4 is 0 Å². The molecule has 21 heavy (non-hydrogen) atoms. The maximum Gasteiger partial charge on any atom is 0.205 e. The fourth-order valence-electron chi connectivity index (χ4n) is 2.96. The molecule has 3 rings (SSSR count). The van der Waals surface area contributed by atoms with E-state index in [0.29, 0.717) is 29.2 Å². The van der Waals surface area contributed by atoms with Crippen molar-refractivity contribution < 1.29 is 9.53 Å². The average molecular weight is 301 g/mol. The number of Topliss-reactive ketones (excluding diaryl/α,β-unsaturated/α-hetero) is 1. The molecule has 1 aromatic carbocycles. The van der Waals surface area contributed by atoms with E-state index >= 15 is 0 Å². The summed E-state index contributed by atoms with van der Waals surface area (Å²) in [6.07, 6.45) is 1.85. The molecule has 1 aliphatic carbocycles. The number of rotatable bonds is 1.